The van der Waals surface area contributed by atoms with Crippen LogP contribution in [0.15, 0.2) is 18.3 Å². The smallest absolute Gasteiger partial charge is 0.225 e. The lowest BCUT2D eigenvalue weighted by Crippen LogP contribution is -2.50. The summed E-state index contributed by atoms with van der Waals surface area (Å²) in [5, 5.41) is 6.06. The first kappa shape index (κ1) is 15.1. The molecule has 1 aromatic heterocycles. The lowest BCUT2D eigenvalue weighted by atomic mass is 10.0. The summed E-state index contributed by atoms with van der Waals surface area (Å²) in [4.78, 5) is 18.5. The van der Waals surface area contributed by atoms with Gasteiger partial charge in [-0.25, -0.2) is 4.98 Å². The van der Waals surface area contributed by atoms with Crippen molar-refractivity contribution in [2.45, 2.75) is 19.4 Å². The van der Waals surface area contributed by atoms with Crippen LogP contribution >= 0.6 is 12.4 Å². The van der Waals surface area contributed by atoms with Crippen LogP contribution in [-0.4, -0.2) is 37.1 Å². The molecule has 2 N–H and O–H groups in total. The molecule has 5 nitrogen and oxygen atoms in total. The fraction of sp³-hybridized carbons (Fsp3) is 0.571. The van der Waals surface area contributed by atoms with Crippen LogP contribution in [-0.2, 0) is 11.3 Å². The summed E-state index contributed by atoms with van der Waals surface area (Å²) < 4.78 is 0. The molecular formula is C14H21ClN4O. The van der Waals surface area contributed by atoms with E-state index in [2.05, 4.69) is 32.7 Å². The monoisotopic (exact) mass is 296 g/mol. The van der Waals surface area contributed by atoms with E-state index in [0.717, 1.165) is 37.6 Å². The van der Waals surface area contributed by atoms with Gasteiger partial charge < -0.3 is 15.5 Å². The van der Waals surface area contributed by atoms with E-state index in [1.165, 1.54) is 12.8 Å². The van der Waals surface area contributed by atoms with Gasteiger partial charge in [0.15, 0.2) is 0 Å². The fourth-order valence-corrected chi connectivity index (χ4v) is 2.46. The van der Waals surface area contributed by atoms with Gasteiger partial charge in [0, 0.05) is 38.9 Å². The van der Waals surface area contributed by atoms with Gasteiger partial charge in [0.1, 0.15) is 5.82 Å². The summed E-state index contributed by atoms with van der Waals surface area (Å²) >= 11 is 0. The molecule has 2 saturated heterocycles. The number of hydrogen-bond donors (Lipinski definition) is 2. The average Bonchev–Trinajstić information content (AvgIpc) is 2.89. The van der Waals surface area contributed by atoms with Gasteiger partial charge in [-0.3, -0.25) is 4.79 Å². The van der Waals surface area contributed by atoms with E-state index in [1.54, 1.807) is 0 Å². The quantitative estimate of drug-likeness (QED) is 0.868. The number of hydrogen-bond acceptors (Lipinski definition) is 4. The number of carbonyl (C=O) groups is 1. The Balaban J connectivity index is 0.00000147. The van der Waals surface area contributed by atoms with Gasteiger partial charge in [0.05, 0.1) is 5.92 Å². The van der Waals surface area contributed by atoms with E-state index in [1.807, 2.05) is 6.20 Å². The molecular weight excluding hydrogens is 276 g/mol. The molecule has 0 unspecified atom stereocenters. The van der Waals surface area contributed by atoms with Gasteiger partial charge in [-0.1, -0.05) is 6.07 Å². The minimum absolute atomic E-state index is 0. The van der Waals surface area contributed by atoms with Crippen molar-refractivity contribution >= 4 is 24.1 Å². The number of anilines is 1. The number of amides is 1. The Bertz CT molecular complexity index is 441. The zero-order valence-corrected chi connectivity index (χ0v) is 12.3. The minimum Gasteiger partial charge on any atom is -0.357 e. The first-order valence-corrected chi connectivity index (χ1v) is 7.01. The van der Waals surface area contributed by atoms with Crippen molar-refractivity contribution in [3.05, 3.63) is 23.9 Å². The number of rotatable bonds is 4. The average molecular weight is 297 g/mol. The number of halogens is 1. The van der Waals surface area contributed by atoms with Crippen LogP contribution in [0.25, 0.3) is 0 Å². The molecule has 2 aliphatic heterocycles. The third-order valence-corrected chi connectivity index (χ3v) is 3.86. The van der Waals surface area contributed by atoms with Crippen LogP contribution < -0.4 is 15.5 Å². The predicted octanol–water partition coefficient (Wildman–Crippen LogP) is 0.939. The van der Waals surface area contributed by atoms with E-state index < -0.39 is 0 Å². The molecule has 0 bridgehead atoms. The summed E-state index contributed by atoms with van der Waals surface area (Å²) in [6.45, 7) is 4.40. The summed E-state index contributed by atoms with van der Waals surface area (Å²) in [6.07, 6.45) is 4.39. The van der Waals surface area contributed by atoms with Crippen LogP contribution in [0.4, 0.5) is 5.82 Å². The normalized spacial score (nSPS) is 18.3. The number of pyridine rings is 1. The SMILES string of the molecule is Cl.O=C(NCc1ccc(N2CCCC2)nc1)C1CNC1. The van der Waals surface area contributed by atoms with Crippen molar-refractivity contribution in [2.24, 2.45) is 5.92 Å². The summed E-state index contributed by atoms with van der Waals surface area (Å²) in [5.74, 6) is 1.34. The third-order valence-electron chi connectivity index (χ3n) is 3.86. The first-order chi connectivity index (χ1) is 9.33. The number of aromatic nitrogens is 1. The van der Waals surface area contributed by atoms with Crippen molar-refractivity contribution in [1.29, 1.82) is 0 Å². The van der Waals surface area contributed by atoms with E-state index in [-0.39, 0.29) is 24.2 Å². The van der Waals surface area contributed by atoms with E-state index in [4.69, 9.17) is 0 Å². The summed E-state index contributed by atoms with van der Waals surface area (Å²) in [6, 6.07) is 4.11. The Labute approximate surface area is 125 Å². The van der Waals surface area contributed by atoms with Crippen LogP contribution in [0.3, 0.4) is 0 Å². The molecule has 1 amide bonds. The highest BCUT2D eigenvalue weighted by atomic mass is 35.5. The van der Waals surface area contributed by atoms with E-state index in [0.29, 0.717) is 6.54 Å². The van der Waals surface area contributed by atoms with Crippen molar-refractivity contribution in [1.82, 2.24) is 15.6 Å². The van der Waals surface area contributed by atoms with Gasteiger partial charge in [0.2, 0.25) is 5.91 Å². The molecule has 0 radical (unpaired) electrons. The molecule has 6 heteroatoms. The van der Waals surface area contributed by atoms with Crippen molar-refractivity contribution in [3.63, 3.8) is 0 Å². The molecule has 0 aromatic carbocycles. The minimum atomic E-state index is 0. The maximum Gasteiger partial charge on any atom is 0.225 e. The van der Waals surface area contributed by atoms with E-state index in [9.17, 15) is 4.79 Å². The van der Waals surface area contributed by atoms with Crippen molar-refractivity contribution in [2.75, 3.05) is 31.1 Å². The zero-order chi connectivity index (χ0) is 13.1. The van der Waals surface area contributed by atoms with Crippen molar-refractivity contribution in [3.8, 4) is 0 Å². The Kier molecular flexibility index (Phi) is 5.20. The second-order valence-electron chi connectivity index (χ2n) is 5.29. The van der Waals surface area contributed by atoms with Crippen LogP contribution in [0.5, 0.6) is 0 Å². The third kappa shape index (κ3) is 3.41. The molecule has 2 fully saturated rings. The molecule has 20 heavy (non-hydrogen) atoms. The Hall–Kier alpha value is -1.33. The molecule has 1 aromatic rings. The second kappa shape index (κ2) is 6.90. The first-order valence-electron chi connectivity index (χ1n) is 7.01. The van der Waals surface area contributed by atoms with Gasteiger partial charge in [-0.05, 0) is 24.5 Å². The van der Waals surface area contributed by atoms with Crippen LogP contribution in [0.2, 0.25) is 0 Å². The standard InChI is InChI=1S/C14H20N4O.ClH/c19-14(12-9-15-10-12)17-8-11-3-4-13(16-7-11)18-5-1-2-6-18;/h3-4,7,12,15H,1-2,5-6,8-10H2,(H,17,19);1H. The maximum atomic E-state index is 11.7. The Morgan fingerprint density at radius 3 is 2.65 bits per heavy atom. The maximum absolute atomic E-state index is 11.7. The largest absolute Gasteiger partial charge is 0.357 e. The van der Waals surface area contributed by atoms with Gasteiger partial charge >= 0.3 is 0 Å². The lowest BCUT2D eigenvalue weighted by Gasteiger charge is -2.25. The Morgan fingerprint density at radius 2 is 2.10 bits per heavy atom. The lowest BCUT2D eigenvalue weighted by molar-refractivity contribution is -0.126. The van der Waals surface area contributed by atoms with Gasteiger partial charge in [0.25, 0.3) is 0 Å². The van der Waals surface area contributed by atoms with E-state index >= 15 is 0 Å². The molecule has 0 spiro atoms. The molecule has 0 saturated carbocycles. The predicted molar refractivity (Wildman–Crippen MR) is 81.1 cm³/mol. The fourth-order valence-electron chi connectivity index (χ4n) is 2.46. The zero-order valence-electron chi connectivity index (χ0n) is 11.5. The topological polar surface area (TPSA) is 57.3 Å². The molecule has 3 heterocycles. The molecule has 2 aliphatic rings. The van der Waals surface area contributed by atoms with Crippen LogP contribution in [0, 0.1) is 5.92 Å². The van der Waals surface area contributed by atoms with Crippen molar-refractivity contribution < 1.29 is 4.79 Å². The second-order valence-corrected chi connectivity index (χ2v) is 5.29. The molecule has 110 valence electrons. The number of nitrogens with zero attached hydrogens (tertiary/aromatic N) is 2. The molecule has 0 aliphatic carbocycles. The van der Waals surface area contributed by atoms with Gasteiger partial charge in [-0.15, -0.1) is 12.4 Å². The molecule has 0 atom stereocenters. The summed E-state index contributed by atoms with van der Waals surface area (Å²) in [7, 11) is 0. The molecule has 3 rings (SSSR count). The highest BCUT2D eigenvalue weighted by Gasteiger charge is 2.24. The highest BCUT2D eigenvalue weighted by Crippen LogP contribution is 2.17. The highest BCUT2D eigenvalue weighted by molar-refractivity contribution is 5.85. The number of nitrogens with one attached hydrogen (secondary N) is 2. The summed E-state index contributed by atoms with van der Waals surface area (Å²) in [5.41, 5.74) is 1.06. The van der Waals surface area contributed by atoms with Gasteiger partial charge in [-0.2, -0.15) is 0 Å². The number of carbonyl (C=O) groups excluding carboxylic acids is 1. The van der Waals surface area contributed by atoms with Crippen LogP contribution in [0.1, 0.15) is 18.4 Å². The Morgan fingerprint density at radius 1 is 1.35 bits per heavy atom.